The largest absolute Gasteiger partial charge is 0.510 e. The fourth-order valence-electron chi connectivity index (χ4n) is 1.83. The molecular formula is C14H11F3N2O4S. The topological polar surface area (TPSA) is 107 Å². The van der Waals surface area contributed by atoms with Crippen LogP contribution in [0.2, 0.25) is 0 Å². The van der Waals surface area contributed by atoms with Gasteiger partial charge in [-0.15, -0.1) is 0 Å². The second-order valence-corrected chi connectivity index (χ2v) is 7.02. The van der Waals surface area contributed by atoms with Crippen molar-refractivity contribution in [3.63, 3.8) is 0 Å². The Morgan fingerprint density at radius 3 is 2.21 bits per heavy atom. The number of nitrogens with zero attached hydrogens (tertiary/aromatic N) is 1. The molecule has 2 N–H and O–H groups in total. The first-order chi connectivity index (χ1) is 11.1. The highest BCUT2D eigenvalue weighted by atomic mass is 32.2. The van der Waals surface area contributed by atoms with Crippen molar-refractivity contribution in [2.24, 2.45) is 5.92 Å². The molecule has 1 fully saturated rings. The molecule has 0 spiro atoms. The van der Waals surface area contributed by atoms with Gasteiger partial charge in [0.25, 0.3) is 15.7 Å². The number of alkyl halides is 3. The fraction of sp³-hybridized carbons (Fsp3) is 0.286. The fourth-order valence-corrected chi connectivity index (χ4v) is 2.59. The molecule has 10 heteroatoms. The Bertz CT molecular complexity index is 832. The van der Waals surface area contributed by atoms with Crippen LogP contribution in [-0.2, 0) is 14.6 Å². The third-order valence-corrected chi connectivity index (χ3v) is 4.79. The maximum Gasteiger partial charge on any atom is 0.501 e. The Morgan fingerprint density at radius 2 is 1.79 bits per heavy atom. The van der Waals surface area contributed by atoms with Gasteiger partial charge in [-0.3, -0.25) is 4.79 Å². The van der Waals surface area contributed by atoms with Gasteiger partial charge in [-0.25, -0.2) is 8.42 Å². The summed E-state index contributed by atoms with van der Waals surface area (Å²) < 4.78 is 59.7. The van der Waals surface area contributed by atoms with E-state index < -0.39 is 31.7 Å². The van der Waals surface area contributed by atoms with Crippen LogP contribution in [0.4, 0.5) is 18.9 Å². The summed E-state index contributed by atoms with van der Waals surface area (Å²) in [5.41, 5.74) is -5.92. The molecule has 0 radical (unpaired) electrons. The van der Waals surface area contributed by atoms with Gasteiger partial charge in [-0.2, -0.15) is 18.4 Å². The third kappa shape index (κ3) is 3.51. The number of halogens is 3. The van der Waals surface area contributed by atoms with E-state index >= 15 is 0 Å². The molecule has 0 aromatic heterocycles. The van der Waals surface area contributed by atoms with Crippen molar-refractivity contribution in [2.45, 2.75) is 23.2 Å². The van der Waals surface area contributed by atoms with Crippen LogP contribution in [0.25, 0.3) is 0 Å². The van der Waals surface area contributed by atoms with E-state index in [2.05, 4.69) is 5.32 Å². The van der Waals surface area contributed by atoms with Crippen LogP contribution in [0.15, 0.2) is 40.5 Å². The number of aliphatic hydroxyl groups is 1. The zero-order valence-electron chi connectivity index (χ0n) is 12.0. The molecule has 24 heavy (non-hydrogen) atoms. The number of aliphatic hydroxyl groups excluding tert-OH is 1. The van der Waals surface area contributed by atoms with Crippen LogP contribution >= 0.6 is 0 Å². The smallest absolute Gasteiger partial charge is 0.501 e. The van der Waals surface area contributed by atoms with Crippen molar-refractivity contribution in [2.75, 3.05) is 5.32 Å². The summed E-state index contributed by atoms with van der Waals surface area (Å²) in [4.78, 5) is 10.9. The maximum absolute atomic E-state index is 12.4. The minimum Gasteiger partial charge on any atom is -0.510 e. The molecule has 128 valence electrons. The molecule has 0 unspecified atom stereocenters. The summed E-state index contributed by atoms with van der Waals surface area (Å²) in [6, 6.07) is 4.87. The predicted molar refractivity (Wildman–Crippen MR) is 76.3 cm³/mol. The number of benzene rings is 1. The lowest BCUT2D eigenvalue weighted by atomic mass is 10.1. The molecule has 1 amide bonds. The molecule has 0 atom stereocenters. The second kappa shape index (κ2) is 6.16. The lowest BCUT2D eigenvalue weighted by molar-refractivity contribution is -0.112. The van der Waals surface area contributed by atoms with E-state index in [9.17, 15) is 31.5 Å². The Kier molecular flexibility index (Phi) is 4.57. The molecular weight excluding hydrogens is 349 g/mol. The molecule has 1 saturated carbocycles. The molecule has 1 aliphatic carbocycles. The van der Waals surface area contributed by atoms with Gasteiger partial charge < -0.3 is 10.4 Å². The normalized spacial score (nSPS) is 16.1. The van der Waals surface area contributed by atoms with Gasteiger partial charge in [0.05, 0.1) is 4.90 Å². The molecule has 0 heterocycles. The van der Waals surface area contributed by atoms with Crippen LogP contribution in [0, 0.1) is 17.2 Å². The minimum atomic E-state index is -5.47. The van der Waals surface area contributed by atoms with E-state index in [1.807, 2.05) is 0 Å². The number of nitrogens with one attached hydrogen (secondary N) is 1. The van der Waals surface area contributed by atoms with Gasteiger partial charge in [0, 0.05) is 11.6 Å². The first kappa shape index (κ1) is 17.8. The highest BCUT2D eigenvalue weighted by Crippen LogP contribution is 2.36. The summed E-state index contributed by atoms with van der Waals surface area (Å²) in [6.45, 7) is 0. The van der Waals surface area contributed by atoms with Crippen LogP contribution in [0.5, 0.6) is 0 Å². The van der Waals surface area contributed by atoms with Gasteiger partial charge in [-0.1, -0.05) is 0 Å². The Balaban J connectivity index is 2.19. The van der Waals surface area contributed by atoms with Gasteiger partial charge in [0.15, 0.2) is 5.57 Å². The van der Waals surface area contributed by atoms with E-state index in [1.54, 1.807) is 6.07 Å². The zero-order chi connectivity index (χ0) is 18.1. The highest BCUT2D eigenvalue weighted by molar-refractivity contribution is 7.92. The van der Waals surface area contributed by atoms with Crippen LogP contribution < -0.4 is 5.32 Å². The molecule has 1 aliphatic rings. The Labute approximate surface area is 135 Å². The Morgan fingerprint density at radius 1 is 1.25 bits per heavy atom. The van der Waals surface area contributed by atoms with E-state index in [-0.39, 0.29) is 17.4 Å². The number of rotatable bonds is 4. The van der Waals surface area contributed by atoms with Crippen molar-refractivity contribution < 1.29 is 31.5 Å². The third-order valence-electron chi connectivity index (χ3n) is 3.29. The second-order valence-electron chi connectivity index (χ2n) is 5.07. The van der Waals surface area contributed by atoms with Crippen molar-refractivity contribution in [3.8, 4) is 6.07 Å². The lowest BCUT2D eigenvalue weighted by Gasteiger charge is -2.09. The number of carbonyl (C=O) groups excluding carboxylic acids is 1. The van der Waals surface area contributed by atoms with E-state index in [0.29, 0.717) is 25.0 Å². The SMILES string of the molecule is N#C/C(C(=O)Nc1ccc(S(=O)(=O)C(F)(F)F)cc1)=C(/O)C1CC1. The van der Waals surface area contributed by atoms with Crippen LogP contribution in [0.3, 0.4) is 0 Å². The molecule has 6 nitrogen and oxygen atoms in total. The number of amides is 1. The van der Waals surface area contributed by atoms with Crippen LogP contribution in [-0.4, -0.2) is 24.9 Å². The zero-order valence-corrected chi connectivity index (χ0v) is 12.8. The molecule has 0 bridgehead atoms. The molecule has 0 aliphatic heterocycles. The first-order valence-corrected chi connectivity index (χ1v) is 8.12. The summed E-state index contributed by atoms with van der Waals surface area (Å²) >= 11 is 0. The Hall–Kier alpha value is -2.54. The number of allylic oxidation sites excluding steroid dienone is 1. The van der Waals surface area contributed by atoms with Crippen LogP contribution in [0.1, 0.15) is 12.8 Å². The van der Waals surface area contributed by atoms with Gasteiger partial charge in [-0.05, 0) is 37.1 Å². The number of anilines is 1. The van der Waals surface area contributed by atoms with Crippen molar-refractivity contribution in [3.05, 3.63) is 35.6 Å². The van der Waals surface area contributed by atoms with Crippen molar-refractivity contribution >= 4 is 21.4 Å². The van der Waals surface area contributed by atoms with Crippen molar-refractivity contribution in [1.82, 2.24) is 0 Å². The lowest BCUT2D eigenvalue weighted by Crippen LogP contribution is -2.23. The van der Waals surface area contributed by atoms with E-state index in [1.165, 1.54) is 0 Å². The predicted octanol–water partition coefficient (Wildman–Crippen LogP) is 2.66. The molecule has 0 saturated heterocycles. The summed E-state index contributed by atoms with van der Waals surface area (Å²) in [5.74, 6) is -1.48. The molecule has 1 aromatic rings. The summed E-state index contributed by atoms with van der Waals surface area (Å²) in [5, 5.41) is 20.9. The molecule has 2 rings (SSSR count). The monoisotopic (exact) mass is 360 g/mol. The van der Waals surface area contributed by atoms with Gasteiger partial charge in [0.1, 0.15) is 11.8 Å². The summed E-state index contributed by atoms with van der Waals surface area (Å²) in [6.07, 6.45) is 1.32. The maximum atomic E-state index is 12.4. The van der Waals surface area contributed by atoms with E-state index in [0.717, 1.165) is 12.1 Å². The number of nitriles is 1. The number of hydrogen-bond donors (Lipinski definition) is 2. The average molecular weight is 360 g/mol. The quantitative estimate of drug-likeness (QED) is 0.488. The molecule has 1 aromatic carbocycles. The highest BCUT2D eigenvalue weighted by Gasteiger charge is 2.46. The number of carbonyl (C=O) groups is 1. The summed E-state index contributed by atoms with van der Waals surface area (Å²) in [7, 11) is -5.47. The standard InChI is InChI=1S/C14H11F3N2O4S/c15-14(16,17)24(22,23)10-5-3-9(4-6-10)19-13(21)11(7-18)12(20)8-1-2-8/h3-6,8,20H,1-2H2,(H,19,21)/b12-11-. The average Bonchev–Trinajstić information content (AvgIpc) is 3.31. The van der Waals surface area contributed by atoms with Gasteiger partial charge >= 0.3 is 5.51 Å². The number of hydrogen-bond acceptors (Lipinski definition) is 5. The minimum absolute atomic E-state index is 0.0162. The van der Waals surface area contributed by atoms with Gasteiger partial charge in [0.2, 0.25) is 0 Å². The van der Waals surface area contributed by atoms with Crippen molar-refractivity contribution in [1.29, 1.82) is 5.26 Å². The number of sulfone groups is 1. The first-order valence-electron chi connectivity index (χ1n) is 6.64. The van der Waals surface area contributed by atoms with E-state index in [4.69, 9.17) is 5.26 Å².